The lowest BCUT2D eigenvalue weighted by Gasteiger charge is -2.21. The molecule has 1 aliphatic rings. The normalized spacial score (nSPS) is 14.0. The summed E-state index contributed by atoms with van der Waals surface area (Å²) < 4.78 is 11.1. The summed E-state index contributed by atoms with van der Waals surface area (Å²) in [5.74, 6) is 1.52. The van der Waals surface area contributed by atoms with E-state index in [1.54, 1.807) is 0 Å². The Kier molecular flexibility index (Phi) is 4.90. The quantitative estimate of drug-likeness (QED) is 0.821. The molecule has 1 heterocycles. The number of anilines is 1. The Hall–Kier alpha value is -2.27. The van der Waals surface area contributed by atoms with Crippen molar-refractivity contribution in [2.24, 2.45) is 0 Å². The molecule has 4 nitrogen and oxygen atoms in total. The molecule has 0 amide bonds. The Morgan fingerprint density at radius 1 is 1.00 bits per heavy atom. The summed E-state index contributed by atoms with van der Waals surface area (Å²) >= 11 is 5.43. The molecule has 0 saturated carbocycles. The van der Waals surface area contributed by atoms with E-state index in [0.717, 1.165) is 17.2 Å². The number of ether oxygens (including phenoxy) is 2. The van der Waals surface area contributed by atoms with Gasteiger partial charge >= 0.3 is 0 Å². The van der Waals surface area contributed by atoms with Gasteiger partial charge in [-0.1, -0.05) is 18.2 Å². The second-order valence-corrected chi connectivity index (χ2v) is 6.43. The van der Waals surface area contributed by atoms with Crippen LogP contribution >= 0.6 is 12.2 Å². The maximum atomic E-state index is 5.59. The fraction of sp³-hybridized carbons (Fsp3) is 0.316. The lowest BCUT2D eigenvalue weighted by Crippen LogP contribution is -2.31. The van der Waals surface area contributed by atoms with Crippen LogP contribution in [0.15, 0.2) is 36.4 Å². The van der Waals surface area contributed by atoms with Crippen LogP contribution in [0, 0.1) is 13.8 Å². The highest BCUT2D eigenvalue weighted by molar-refractivity contribution is 7.80. The molecule has 5 heteroatoms. The summed E-state index contributed by atoms with van der Waals surface area (Å²) in [5.41, 5.74) is 4.67. The predicted octanol–water partition coefficient (Wildman–Crippen LogP) is 4.12. The van der Waals surface area contributed by atoms with E-state index in [1.807, 2.05) is 18.2 Å². The molecule has 0 aliphatic carbocycles. The number of aryl methyl sites for hydroxylation is 2. The summed E-state index contributed by atoms with van der Waals surface area (Å²) in [6, 6.07) is 12.3. The molecule has 126 valence electrons. The number of rotatable bonds is 3. The molecule has 1 atom stereocenters. The molecule has 0 unspecified atom stereocenters. The first kappa shape index (κ1) is 16.6. The predicted molar refractivity (Wildman–Crippen MR) is 101 cm³/mol. The largest absolute Gasteiger partial charge is 0.486 e. The summed E-state index contributed by atoms with van der Waals surface area (Å²) in [6.45, 7) is 7.50. The van der Waals surface area contributed by atoms with Gasteiger partial charge in [0.1, 0.15) is 13.2 Å². The van der Waals surface area contributed by atoms with Gasteiger partial charge in [-0.15, -0.1) is 0 Å². The fourth-order valence-corrected chi connectivity index (χ4v) is 2.90. The minimum Gasteiger partial charge on any atom is -0.486 e. The van der Waals surface area contributed by atoms with Crippen LogP contribution in [-0.2, 0) is 0 Å². The van der Waals surface area contributed by atoms with Crippen molar-refractivity contribution in [2.75, 3.05) is 18.5 Å². The average Bonchev–Trinajstić information content (AvgIpc) is 2.57. The molecule has 2 aromatic rings. The van der Waals surface area contributed by atoms with Gasteiger partial charge in [0, 0.05) is 11.8 Å². The summed E-state index contributed by atoms with van der Waals surface area (Å²) in [6.07, 6.45) is 0. The van der Waals surface area contributed by atoms with Crippen LogP contribution < -0.4 is 20.1 Å². The van der Waals surface area contributed by atoms with E-state index in [4.69, 9.17) is 21.7 Å². The van der Waals surface area contributed by atoms with Crippen LogP contribution in [0.3, 0.4) is 0 Å². The zero-order chi connectivity index (χ0) is 17.1. The van der Waals surface area contributed by atoms with Crippen LogP contribution in [0.5, 0.6) is 11.5 Å². The number of hydrogen-bond donors (Lipinski definition) is 2. The number of benzene rings is 2. The summed E-state index contributed by atoms with van der Waals surface area (Å²) in [7, 11) is 0. The minimum atomic E-state index is 0.126. The van der Waals surface area contributed by atoms with Crippen molar-refractivity contribution in [3.05, 3.63) is 53.1 Å². The van der Waals surface area contributed by atoms with Crippen molar-refractivity contribution >= 4 is 23.0 Å². The van der Waals surface area contributed by atoms with Crippen LogP contribution in [0.1, 0.15) is 29.7 Å². The molecule has 24 heavy (non-hydrogen) atoms. The van der Waals surface area contributed by atoms with E-state index in [-0.39, 0.29) is 6.04 Å². The van der Waals surface area contributed by atoms with Gasteiger partial charge in [-0.05, 0) is 61.8 Å². The van der Waals surface area contributed by atoms with Gasteiger partial charge in [0.15, 0.2) is 16.6 Å². The van der Waals surface area contributed by atoms with E-state index in [1.165, 1.54) is 16.7 Å². The van der Waals surface area contributed by atoms with E-state index < -0.39 is 0 Å². The Morgan fingerprint density at radius 2 is 1.75 bits per heavy atom. The van der Waals surface area contributed by atoms with Crippen molar-refractivity contribution in [1.82, 2.24) is 5.32 Å². The van der Waals surface area contributed by atoms with Crippen molar-refractivity contribution in [2.45, 2.75) is 26.8 Å². The average molecular weight is 342 g/mol. The van der Waals surface area contributed by atoms with Gasteiger partial charge in [-0.25, -0.2) is 0 Å². The summed E-state index contributed by atoms with van der Waals surface area (Å²) in [5, 5.41) is 7.10. The van der Waals surface area contributed by atoms with Crippen LogP contribution in [0.2, 0.25) is 0 Å². The molecule has 0 aromatic heterocycles. The number of thiocarbonyl (C=S) groups is 1. The van der Waals surface area contributed by atoms with Gasteiger partial charge in [0.05, 0.1) is 6.04 Å². The number of fused-ring (bicyclic) bond motifs is 1. The molecule has 0 radical (unpaired) electrons. The number of hydrogen-bond acceptors (Lipinski definition) is 3. The van der Waals surface area contributed by atoms with Crippen LogP contribution in [0.25, 0.3) is 0 Å². The molecule has 1 aliphatic heterocycles. The number of nitrogens with one attached hydrogen (secondary N) is 2. The molecule has 0 bridgehead atoms. The monoisotopic (exact) mass is 342 g/mol. The standard InChI is InChI=1S/C19H22N2O2S/c1-12-4-5-15(10-13(12)2)14(3)20-19(24)21-16-6-7-17-18(11-16)23-9-8-22-17/h4-7,10-11,14H,8-9H2,1-3H3,(H2,20,21,24)/t14-/m0/s1. The van der Waals surface area contributed by atoms with E-state index in [0.29, 0.717) is 18.3 Å². The highest BCUT2D eigenvalue weighted by Gasteiger charge is 2.13. The first-order valence-corrected chi connectivity index (χ1v) is 8.48. The topological polar surface area (TPSA) is 42.5 Å². The maximum absolute atomic E-state index is 5.59. The zero-order valence-corrected chi connectivity index (χ0v) is 15.0. The van der Waals surface area contributed by atoms with Crippen molar-refractivity contribution in [3.63, 3.8) is 0 Å². The highest BCUT2D eigenvalue weighted by atomic mass is 32.1. The molecule has 0 spiro atoms. The lowest BCUT2D eigenvalue weighted by molar-refractivity contribution is 0.171. The maximum Gasteiger partial charge on any atom is 0.171 e. The zero-order valence-electron chi connectivity index (χ0n) is 14.2. The Morgan fingerprint density at radius 3 is 2.50 bits per heavy atom. The van der Waals surface area contributed by atoms with Crippen molar-refractivity contribution in [3.8, 4) is 11.5 Å². The molecule has 0 saturated heterocycles. The first-order chi connectivity index (χ1) is 11.5. The fourth-order valence-electron chi connectivity index (χ4n) is 2.60. The van der Waals surface area contributed by atoms with Gasteiger partial charge in [0.25, 0.3) is 0 Å². The molecule has 0 fully saturated rings. The van der Waals surface area contributed by atoms with E-state index >= 15 is 0 Å². The molecular formula is C19H22N2O2S. The van der Waals surface area contributed by atoms with Gasteiger partial charge in [-0.3, -0.25) is 0 Å². The van der Waals surface area contributed by atoms with Gasteiger partial charge in [-0.2, -0.15) is 0 Å². The van der Waals surface area contributed by atoms with E-state index in [2.05, 4.69) is 49.6 Å². The third-order valence-corrected chi connectivity index (χ3v) is 4.40. The molecule has 2 aromatic carbocycles. The van der Waals surface area contributed by atoms with Crippen LogP contribution in [-0.4, -0.2) is 18.3 Å². The first-order valence-electron chi connectivity index (χ1n) is 8.07. The lowest BCUT2D eigenvalue weighted by atomic mass is 10.0. The summed E-state index contributed by atoms with van der Waals surface area (Å²) in [4.78, 5) is 0. The minimum absolute atomic E-state index is 0.126. The second kappa shape index (κ2) is 7.09. The third-order valence-electron chi connectivity index (χ3n) is 4.18. The highest BCUT2D eigenvalue weighted by Crippen LogP contribution is 2.32. The molecule has 2 N–H and O–H groups in total. The SMILES string of the molecule is Cc1ccc([C@H](C)NC(=S)Nc2ccc3c(c2)OCCO3)cc1C. The Bertz CT molecular complexity index is 761. The smallest absolute Gasteiger partial charge is 0.171 e. The second-order valence-electron chi connectivity index (χ2n) is 6.02. The van der Waals surface area contributed by atoms with Crippen molar-refractivity contribution in [1.29, 1.82) is 0 Å². The van der Waals surface area contributed by atoms with Gasteiger partial charge in [0.2, 0.25) is 0 Å². The van der Waals surface area contributed by atoms with Gasteiger partial charge < -0.3 is 20.1 Å². The van der Waals surface area contributed by atoms with Crippen molar-refractivity contribution < 1.29 is 9.47 Å². The van der Waals surface area contributed by atoms with E-state index in [9.17, 15) is 0 Å². The van der Waals surface area contributed by atoms with Crippen LogP contribution in [0.4, 0.5) is 5.69 Å². The molecule has 3 rings (SSSR count). The Labute approximate surface area is 148 Å². The molecular weight excluding hydrogens is 320 g/mol. The third kappa shape index (κ3) is 3.79. The Balaban J connectivity index is 1.63.